The standard InChI is InChI=1S/C13H21N3O/c1-4-5-11(17-3)13-15-10(9-6-7-9)8-12(14-2)16-13/h8-9,11H,4-7H2,1-3H3,(H,14,15,16). The van der Waals surface area contributed by atoms with Crippen molar-refractivity contribution in [2.24, 2.45) is 0 Å². The maximum atomic E-state index is 5.48. The molecule has 4 nitrogen and oxygen atoms in total. The van der Waals surface area contributed by atoms with E-state index in [4.69, 9.17) is 4.74 Å². The molecule has 1 N–H and O–H groups in total. The third-order valence-electron chi connectivity index (χ3n) is 3.14. The largest absolute Gasteiger partial charge is 0.373 e. The topological polar surface area (TPSA) is 47.0 Å². The average molecular weight is 235 g/mol. The van der Waals surface area contributed by atoms with Crippen molar-refractivity contribution in [2.75, 3.05) is 19.5 Å². The van der Waals surface area contributed by atoms with Gasteiger partial charge in [0.05, 0.1) is 0 Å². The molecule has 0 radical (unpaired) electrons. The number of anilines is 1. The summed E-state index contributed by atoms with van der Waals surface area (Å²) in [6.07, 6.45) is 4.57. The van der Waals surface area contributed by atoms with Crippen LogP contribution in [-0.2, 0) is 4.74 Å². The lowest BCUT2D eigenvalue weighted by molar-refractivity contribution is 0.0875. The summed E-state index contributed by atoms with van der Waals surface area (Å²) in [7, 11) is 3.62. The molecule has 0 bridgehead atoms. The Bertz CT molecular complexity index is 377. The summed E-state index contributed by atoms with van der Waals surface area (Å²) >= 11 is 0. The second-order valence-corrected chi connectivity index (χ2v) is 4.57. The van der Waals surface area contributed by atoms with Crippen LogP contribution in [-0.4, -0.2) is 24.1 Å². The highest BCUT2D eigenvalue weighted by molar-refractivity contribution is 5.37. The molecule has 17 heavy (non-hydrogen) atoms. The normalized spacial score (nSPS) is 16.9. The molecule has 1 unspecified atom stereocenters. The number of nitrogens with one attached hydrogen (secondary N) is 1. The second-order valence-electron chi connectivity index (χ2n) is 4.57. The van der Waals surface area contributed by atoms with Crippen LogP contribution in [0.25, 0.3) is 0 Å². The van der Waals surface area contributed by atoms with Gasteiger partial charge >= 0.3 is 0 Å². The maximum absolute atomic E-state index is 5.48. The maximum Gasteiger partial charge on any atom is 0.159 e. The van der Waals surface area contributed by atoms with E-state index in [0.717, 1.165) is 30.2 Å². The Balaban J connectivity index is 2.27. The van der Waals surface area contributed by atoms with E-state index >= 15 is 0 Å². The monoisotopic (exact) mass is 235 g/mol. The Hall–Kier alpha value is -1.16. The van der Waals surface area contributed by atoms with E-state index in [1.54, 1.807) is 7.11 Å². The van der Waals surface area contributed by atoms with Crippen molar-refractivity contribution in [1.29, 1.82) is 0 Å². The van der Waals surface area contributed by atoms with Gasteiger partial charge in [0, 0.05) is 31.8 Å². The van der Waals surface area contributed by atoms with Crippen molar-refractivity contribution in [3.63, 3.8) is 0 Å². The number of aromatic nitrogens is 2. The number of nitrogens with zero attached hydrogens (tertiary/aromatic N) is 2. The predicted molar refractivity (Wildman–Crippen MR) is 68.2 cm³/mol. The second kappa shape index (κ2) is 5.45. The summed E-state index contributed by atoms with van der Waals surface area (Å²) in [6, 6.07) is 2.06. The van der Waals surface area contributed by atoms with Gasteiger partial charge in [0.15, 0.2) is 5.82 Å². The van der Waals surface area contributed by atoms with Crippen molar-refractivity contribution in [2.45, 2.75) is 44.6 Å². The van der Waals surface area contributed by atoms with Gasteiger partial charge in [-0.3, -0.25) is 0 Å². The molecule has 1 aromatic rings. The van der Waals surface area contributed by atoms with Crippen LogP contribution < -0.4 is 5.32 Å². The molecule has 1 heterocycles. The van der Waals surface area contributed by atoms with E-state index in [1.807, 2.05) is 7.05 Å². The minimum Gasteiger partial charge on any atom is -0.373 e. The highest BCUT2D eigenvalue weighted by atomic mass is 16.5. The van der Waals surface area contributed by atoms with Crippen molar-refractivity contribution in [1.82, 2.24) is 9.97 Å². The van der Waals surface area contributed by atoms with Gasteiger partial charge in [-0.15, -0.1) is 0 Å². The van der Waals surface area contributed by atoms with Crippen LogP contribution in [0.2, 0.25) is 0 Å². The highest BCUT2D eigenvalue weighted by Gasteiger charge is 2.27. The molecule has 1 aromatic heterocycles. The van der Waals surface area contributed by atoms with Crippen molar-refractivity contribution < 1.29 is 4.74 Å². The summed E-state index contributed by atoms with van der Waals surface area (Å²) in [5.41, 5.74) is 1.16. The van der Waals surface area contributed by atoms with Crippen LogP contribution in [0.15, 0.2) is 6.07 Å². The SMILES string of the molecule is CCCC(OC)c1nc(NC)cc(C2CC2)n1. The smallest absolute Gasteiger partial charge is 0.159 e. The first-order valence-electron chi connectivity index (χ1n) is 6.37. The zero-order valence-electron chi connectivity index (χ0n) is 10.9. The first kappa shape index (κ1) is 12.3. The Labute approximate surface area is 103 Å². The van der Waals surface area contributed by atoms with Gasteiger partial charge in [-0.25, -0.2) is 9.97 Å². The Kier molecular flexibility index (Phi) is 3.94. The van der Waals surface area contributed by atoms with E-state index in [1.165, 1.54) is 12.8 Å². The van der Waals surface area contributed by atoms with Gasteiger partial charge in [0.1, 0.15) is 11.9 Å². The molecule has 0 saturated heterocycles. The first-order chi connectivity index (χ1) is 8.28. The fourth-order valence-corrected chi connectivity index (χ4v) is 1.96. The molecule has 1 fully saturated rings. The van der Waals surface area contributed by atoms with Gasteiger partial charge in [-0.1, -0.05) is 13.3 Å². The zero-order valence-corrected chi connectivity index (χ0v) is 10.9. The van der Waals surface area contributed by atoms with Crippen molar-refractivity contribution >= 4 is 5.82 Å². The number of hydrogen-bond acceptors (Lipinski definition) is 4. The molecule has 1 saturated carbocycles. The molecule has 2 rings (SSSR count). The Morgan fingerprint density at radius 2 is 2.24 bits per heavy atom. The van der Waals surface area contributed by atoms with Crippen LogP contribution in [0.5, 0.6) is 0 Å². The van der Waals surface area contributed by atoms with E-state index in [9.17, 15) is 0 Å². The number of rotatable bonds is 6. The van der Waals surface area contributed by atoms with E-state index in [-0.39, 0.29) is 6.10 Å². The molecule has 0 aliphatic heterocycles. The Morgan fingerprint density at radius 1 is 1.47 bits per heavy atom. The number of ether oxygens (including phenoxy) is 1. The summed E-state index contributed by atoms with van der Waals surface area (Å²) in [5.74, 6) is 2.36. The van der Waals surface area contributed by atoms with Crippen LogP contribution in [0.1, 0.15) is 56.1 Å². The molecule has 0 aromatic carbocycles. The zero-order chi connectivity index (χ0) is 12.3. The van der Waals surface area contributed by atoms with Crippen LogP contribution in [0.3, 0.4) is 0 Å². The molecule has 0 spiro atoms. The summed E-state index contributed by atoms with van der Waals surface area (Å²) < 4.78 is 5.48. The summed E-state index contributed by atoms with van der Waals surface area (Å²) in [6.45, 7) is 2.15. The molecular weight excluding hydrogens is 214 g/mol. The molecule has 1 aliphatic rings. The summed E-state index contributed by atoms with van der Waals surface area (Å²) in [4.78, 5) is 9.16. The van der Waals surface area contributed by atoms with Crippen LogP contribution in [0, 0.1) is 0 Å². The third kappa shape index (κ3) is 2.94. The number of methoxy groups -OCH3 is 1. The minimum atomic E-state index is 0.0193. The third-order valence-corrected chi connectivity index (χ3v) is 3.14. The molecule has 1 atom stereocenters. The number of hydrogen-bond donors (Lipinski definition) is 1. The van der Waals surface area contributed by atoms with Gasteiger partial charge in [0.2, 0.25) is 0 Å². The quantitative estimate of drug-likeness (QED) is 0.823. The molecule has 94 valence electrons. The van der Waals surface area contributed by atoms with Crippen LogP contribution >= 0.6 is 0 Å². The van der Waals surface area contributed by atoms with Gasteiger partial charge < -0.3 is 10.1 Å². The molecule has 4 heteroatoms. The summed E-state index contributed by atoms with van der Waals surface area (Å²) in [5, 5.41) is 3.10. The van der Waals surface area contributed by atoms with Gasteiger partial charge in [-0.2, -0.15) is 0 Å². The van der Waals surface area contributed by atoms with Gasteiger partial charge in [0.25, 0.3) is 0 Å². The lowest BCUT2D eigenvalue weighted by atomic mass is 10.2. The molecule has 0 amide bonds. The van der Waals surface area contributed by atoms with Crippen LogP contribution in [0.4, 0.5) is 5.82 Å². The highest BCUT2D eigenvalue weighted by Crippen LogP contribution is 2.40. The average Bonchev–Trinajstić information content (AvgIpc) is 3.19. The first-order valence-corrected chi connectivity index (χ1v) is 6.37. The van der Waals surface area contributed by atoms with Crippen molar-refractivity contribution in [3.05, 3.63) is 17.6 Å². The van der Waals surface area contributed by atoms with Gasteiger partial charge in [-0.05, 0) is 19.3 Å². The lowest BCUT2D eigenvalue weighted by Crippen LogP contribution is -2.10. The molecular formula is C13H21N3O. The fraction of sp³-hybridized carbons (Fsp3) is 0.692. The van der Waals surface area contributed by atoms with E-state index < -0.39 is 0 Å². The predicted octanol–water partition coefficient (Wildman–Crippen LogP) is 2.88. The lowest BCUT2D eigenvalue weighted by Gasteiger charge is -2.15. The molecule has 1 aliphatic carbocycles. The minimum absolute atomic E-state index is 0.0193. The van der Waals surface area contributed by atoms with Crippen molar-refractivity contribution in [3.8, 4) is 0 Å². The van der Waals surface area contributed by atoms with E-state index in [2.05, 4.69) is 28.3 Å². The van der Waals surface area contributed by atoms with E-state index in [0.29, 0.717) is 5.92 Å². The Morgan fingerprint density at radius 3 is 2.76 bits per heavy atom. The fourth-order valence-electron chi connectivity index (χ4n) is 1.96.